The lowest BCUT2D eigenvalue weighted by molar-refractivity contribution is -0.126. The summed E-state index contributed by atoms with van der Waals surface area (Å²) in [6, 6.07) is 7.09. The number of amides is 1. The number of para-hydroxylation sites is 1. The number of nitrogens with zero attached hydrogens (tertiary/aromatic N) is 2. The summed E-state index contributed by atoms with van der Waals surface area (Å²) in [5, 5.41) is 10.3. The van der Waals surface area contributed by atoms with E-state index in [0.29, 0.717) is 5.06 Å². The highest BCUT2D eigenvalue weighted by Crippen LogP contribution is 2.19. The number of anilines is 1. The second-order valence-electron chi connectivity index (χ2n) is 4.15. The van der Waals surface area contributed by atoms with Crippen LogP contribution in [0.25, 0.3) is 0 Å². The number of hydroxylamine groups is 1. The van der Waals surface area contributed by atoms with E-state index < -0.39 is 22.0 Å². The molecule has 1 atom stereocenters. The van der Waals surface area contributed by atoms with Crippen LogP contribution in [0.5, 0.6) is 0 Å². The Balaban J connectivity index is 2.20. The van der Waals surface area contributed by atoms with Gasteiger partial charge in [-0.05, 0) is 12.1 Å². The average Bonchev–Trinajstić information content (AvgIpc) is 2.87. The number of ether oxygens (including phenoxy) is 1. The van der Waals surface area contributed by atoms with Gasteiger partial charge in [0.2, 0.25) is 10.0 Å². The Kier molecular flexibility index (Phi) is 3.85. The van der Waals surface area contributed by atoms with Gasteiger partial charge in [0, 0.05) is 0 Å². The van der Waals surface area contributed by atoms with Gasteiger partial charge in [-0.2, -0.15) is 9.37 Å². The first kappa shape index (κ1) is 13.9. The van der Waals surface area contributed by atoms with Gasteiger partial charge < -0.3 is 4.74 Å². The fourth-order valence-electron chi connectivity index (χ4n) is 1.79. The molecule has 0 unspecified atom stereocenters. The Bertz CT molecular complexity index is 560. The average molecular weight is 286 g/mol. The molecule has 2 rings (SSSR count). The molecule has 104 valence electrons. The molecule has 1 aliphatic heterocycles. The summed E-state index contributed by atoms with van der Waals surface area (Å²) in [4.78, 5) is 12.1. The molecule has 1 saturated heterocycles. The summed E-state index contributed by atoms with van der Waals surface area (Å²) in [5.74, 6) is -0.742. The summed E-state index contributed by atoms with van der Waals surface area (Å²) in [5.41, 5.74) is 0.271. The molecule has 0 spiro atoms. The number of carbonyl (C=O) groups excluding carboxylic acids is 1. The lowest BCUT2D eigenvalue weighted by Crippen LogP contribution is -2.47. The highest BCUT2D eigenvalue weighted by atomic mass is 32.2. The van der Waals surface area contributed by atoms with Crippen LogP contribution in [0, 0.1) is 0 Å². The highest BCUT2D eigenvalue weighted by Gasteiger charge is 2.39. The monoisotopic (exact) mass is 286 g/mol. The zero-order valence-electron chi connectivity index (χ0n) is 10.3. The van der Waals surface area contributed by atoms with E-state index in [9.17, 15) is 18.4 Å². The highest BCUT2D eigenvalue weighted by molar-refractivity contribution is 7.88. The SMILES string of the molecule is CS(=O)(=O)N1COC[C@H]1C(=O)N(O)c1ccccc1. The minimum Gasteiger partial charge on any atom is -0.363 e. The van der Waals surface area contributed by atoms with Crippen molar-refractivity contribution >= 4 is 21.6 Å². The second-order valence-corrected chi connectivity index (χ2v) is 6.09. The van der Waals surface area contributed by atoms with E-state index >= 15 is 0 Å². The standard InChI is InChI=1S/C11H14N2O5S/c1-19(16,17)12-8-18-7-10(12)11(14)13(15)9-5-3-2-4-6-9/h2-6,10,15H,7-8H2,1H3/t10-/m0/s1. The van der Waals surface area contributed by atoms with Gasteiger partial charge in [0.15, 0.2) is 0 Å². The van der Waals surface area contributed by atoms with Gasteiger partial charge in [0.25, 0.3) is 5.91 Å². The molecular weight excluding hydrogens is 272 g/mol. The molecule has 1 aliphatic rings. The maximum atomic E-state index is 12.1. The van der Waals surface area contributed by atoms with Crippen molar-refractivity contribution in [3.05, 3.63) is 30.3 Å². The maximum absolute atomic E-state index is 12.1. The lowest BCUT2D eigenvalue weighted by Gasteiger charge is -2.23. The fourth-order valence-corrected chi connectivity index (χ4v) is 2.67. The molecule has 1 heterocycles. The summed E-state index contributed by atoms with van der Waals surface area (Å²) >= 11 is 0. The molecule has 19 heavy (non-hydrogen) atoms. The predicted molar refractivity (Wildman–Crippen MR) is 67.0 cm³/mol. The van der Waals surface area contributed by atoms with Crippen LogP contribution in [0.2, 0.25) is 0 Å². The van der Waals surface area contributed by atoms with Crippen LogP contribution in [0.3, 0.4) is 0 Å². The van der Waals surface area contributed by atoms with Crippen molar-refractivity contribution in [3.63, 3.8) is 0 Å². The van der Waals surface area contributed by atoms with E-state index in [0.717, 1.165) is 10.6 Å². The van der Waals surface area contributed by atoms with Gasteiger partial charge in [-0.25, -0.2) is 8.42 Å². The molecule has 0 radical (unpaired) electrons. The van der Waals surface area contributed by atoms with Crippen LogP contribution in [0.15, 0.2) is 30.3 Å². The van der Waals surface area contributed by atoms with E-state index in [1.54, 1.807) is 30.3 Å². The predicted octanol–water partition coefficient (Wildman–Crippen LogP) is 0.0267. The number of benzene rings is 1. The molecule has 1 amide bonds. The first-order valence-corrected chi connectivity index (χ1v) is 7.38. The van der Waals surface area contributed by atoms with Crippen molar-refractivity contribution in [1.29, 1.82) is 0 Å². The third kappa shape index (κ3) is 2.92. The molecule has 0 bridgehead atoms. The molecule has 0 saturated carbocycles. The molecule has 8 heteroatoms. The Morgan fingerprint density at radius 1 is 1.42 bits per heavy atom. The van der Waals surface area contributed by atoms with Gasteiger partial charge >= 0.3 is 0 Å². The van der Waals surface area contributed by atoms with Crippen molar-refractivity contribution in [3.8, 4) is 0 Å². The zero-order valence-corrected chi connectivity index (χ0v) is 11.1. The van der Waals surface area contributed by atoms with Crippen LogP contribution >= 0.6 is 0 Å². The van der Waals surface area contributed by atoms with Gasteiger partial charge in [-0.15, -0.1) is 0 Å². The van der Waals surface area contributed by atoms with E-state index in [2.05, 4.69) is 0 Å². The molecule has 1 N–H and O–H groups in total. The van der Waals surface area contributed by atoms with Crippen LogP contribution in [-0.2, 0) is 19.6 Å². The Labute approximate surface area is 111 Å². The van der Waals surface area contributed by atoms with Crippen molar-refractivity contribution in [2.75, 3.05) is 24.7 Å². The number of hydrogen-bond acceptors (Lipinski definition) is 5. The van der Waals surface area contributed by atoms with Crippen LogP contribution < -0.4 is 5.06 Å². The van der Waals surface area contributed by atoms with Crippen molar-refractivity contribution in [2.45, 2.75) is 6.04 Å². The number of carbonyl (C=O) groups is 1. The van der Waals surface area contributed by atoms with Crippen molar-refractivity contribution in [2.24, 2.45) is 0 Å². The number of rotatable bonds is 3. The van der Waals surface area contributed by atoms with E-state index in [1.807, 2.05) is 0 Å². The van der Waals surface area contributed by atoms with Crippen LogP contribution in [0.1, 0.15) is 0 Å². The van der Waals surface area contributed by atoms with Gasteiger partial charge in [-0.3, -0.25) is 10.0 Å². The molecule has 1 aromatic carbocycles. The van der Waals surface area contributed by atoms with E-state index in [-0.39, 0.29) is 19.0 Å². The summed E-state index contributed by atoms with van der Waals surface area (Å²) in [7, 11) is -3.56. The molecule has 1 aromatic rings. The first-order chi connectivity index (χ1) is 8.91. The lowest BCUT2D eigenvalue weighted by atomic mass is 10.2. The Morgan fingerprint density at radius 2 is 2.05 bits per heavy atom. The maximum Gasteiger partial charge on any atom is 0.271 e. The fraction of sp³-hybridized carbons (Fsp3) is 0.364. The topological polar surface area (TPSA) is 87.2 Å². The normalized spacial score (nSPS) is 20.4. The minimum absolute atomic E-state index is 0.0736. The summed E-state index contributed by atoms with van der Waals surface area (Å²) in [6.45, 7) is -0.256. The van der Waals surface area contributed by atoms with Crippen LogP contribution in [-0.4, -0.2) is 49.5 Å². The largest absolute Gasteiger partial charge is 0.363 e. The third-order valence-electron chi connectivity index (χ3n) is 2.76. The second kappa shape index (κ2) is 5.25. The van der Waals surface area contributed by atoms with Crippen molar-refractivity contribution in [1.82, 2.24) is 4.31 Å². The first-order valence-electron chi connectivity index (χ1n) is 5.53. The van der Waals surface area contributed by atoms with Gasteiger partial charge in [0.05, 0.1) is 18.6 Å². The Hall–Kier alpha value is -1.48. The van der Waals surface area contributed by atoms with Crippen molar-refractivity contribution < 1.29 is 23.2 Å². The van der Waals surface area contributed by atoms with Gasteiger partial charge in [0.1, 0.15) is 12.8 Å². The molecule has 0 aliphatic carbocycles. The quantitative estimate of drug-likeness (QED) is 0.625. The number of hydrogen-bond donors (Lipinski definition) is 1. The summed E-state index contributed by atoms with van der Waals surface area (Å²) in [6.07, 6.45) is 0.992. The van der Waals surface area contributed by atoms with Gasteiger partial charge in [-0.1, -0.05) is 18.2 Å². The zero-order chi connectivity index (χ0) is 14.0. The Morgan fingerprint density at radius 3 is 2.63 bits per heavy atom. The third-order valence-corrected chi connectivity index (χ3v) is 3.97. The molecule has 7 nitrogen and oxygen atoms in total. The van der Waals surface area contributed by atoms with E-state index in [1.165, 1.54) is 0 Å². The molecular formula is C11H14N2O5S. The van der Waals surface area contributed by atoms with E-state index in [4.69, 9.17) is 4.74 Å². The molecule has 0 aromatic heterocycles. The summed E-state index contributed by atoms with van der Waals surface area (Å²) < 4.78 is 28.9. The number of sulfonamides is 1. The minimum atomic E-state index is -3.56. The smallest absolute Gasteiger partial charge is 0.271 e. The van der Waals surface area contributed by atoms with Crippen LogP contribution in [0.4, 0.5) is 5.69 Å². The molecule has 1 fully saturated rings.